The van der Waals surface area contributed by atoms with Crippen LogP contribution < -0.4 is 10.1 Å². The molecule has 1 aliphatic carbocycles. The van der Waals surface area contributed by atoms with Gasteiger partial charge >= 0.3 is 0 Å². The van der Waals surface area contributed by atoms with Gasteiger partial charge in [-0.3, -0.25) is 4.79 Å². The lowest BCUT2D eigenvalue weighted by atomic mass is 9.95. The highest BCUT2D eigenvalue weighted by Crippen LogP contribution is 2.32. The van der Waals surface area contributed by atoms with E-state index in [1.54, 1.807) is 0 Å². The van der Waals surface area contributed by atoms with Crippen LogP contribution in [0.3, 0.4) is 0 Å². The average Bonchev–Trinajstić information content (AvgIpc) is 2.78. The molecule has 1 N–H and O–H groups in total. The maximum absolute atomic E-state index is 13.5. The van der Waals surface area contributed by atoms with E-state index in [0.717, 1.165) is 38.5 Å². The van der Waals surface area contributed by atoms with Gasteiger partial charge in [-0.2, -0.15) is 4.31 Å². The molecule has 0 aliphatic heterocycles. The maximum Gasteiger partial charge on any atom is 0.243 e. The molecule has 0 bridgehead atoms. The van der Waals surface area contributed by atoms with Gasteiger partial charge in [0.1, 0.15) is 5.75 Å². The van der Waals surface area contributed by atoms with Crippen LogP contribution in [0.1, 0.15) is 44.6 Å². The Hall–Kier alpha value is -2.09. The van der Waals surface area contributed by atoms with Gasteiger partial charge in [-0.05, 0) is 55.2 Å². The van der Waals surface area contributed by atoms with E-state index in [1.807, 2.05) is 24.3 Å². The van der Waals surface area contributed by atoms with Gasteiger partial charge in [0.05, 0.1) is 23.6 Å². The number of rotatable bonds is 8. The van der Waals surface area contributed by atoms with E-state index in [9.17, 15) is 13.2 Å². The minimum Gasteiger partial charge on any atom is -0.495 e. The molecule has 1 fully saturated rings. The van der Waals surface area contributed by atoms with Crippen LogP contribution in [0.5, 0.6) is 5.75 Å². The number of carbonyl (C=O) groups is 1. The standard InChI is InChI=1S/C23H29ClN2O4S/c1-3-17-9-11-18(12-10-17)25-23(27)16-26(19-7-5-4-6-8-19)31(28,29)20-13-14-22(30-2)21(24)15-20/h9-15,19H,3-8,16H2,1-2H3,(H,25,27). The molecule has 8 heteroatoms. The monoisotopic (exact) mass is 464 g/mol. The van der Waals surface area contributed by atoms with Crippen molar-refractivity contribution in [3.8, 4) is 5.75 Å². The van der Waals surface area contributed by atoms with Gasteiger partial charge in [0.2, 0.25) is 15.9 Å². The van der Waals surface area contributed by atoms with Crippen molar-refractivity contribution < 1.29 is 17.9 Å². The Balaban J connectivity index is 1.84. The average molecular weight is 465 g/mol. The molecule has 0 unspecified atom stereocenters. The van der Waals surface area contributed by atoms with Crippen molar-refractivity contribution in [1.82, 2.24) is 4.31 Å². The Labute approximate surface area is 189 Å². The fourth-order valence-corrected chi connectivity index (χ4v) is 5.88. The number of aryl methyl sites for hydroxylation is 1. The van der Waals surface area contributed by atoms with Crippen molar-refractivity contribution in [2.75, 3.05) is 19.0 Å². The lowest BCUT2D eigenvalue weighted by molar-refractivity contribution is -0.116. The Morgan fingerprint density at radius 2 is 1.81 bits per heavy atom. The fourth-order valence-electron chi connectivity index (χ4n) is 3.89. The highest BCUT2D eigenvalue weighted by atomic mass is 35.5. The number of hydrogen-bond acceptors (Lipinski definition) is 4. The minimum absolute atomic E-state index is 0.0592. The van der Waals surface area contributed by atoms with Crippen LogP contribution in [0, 0.1) is 0 Å². The van der Waals surface area contributed by atoms with Crippen molar-refractivity contribution >= 4 is 33.2 Å². The number of hydrogen-bond donors (Lipinski definition) is 1. The summed E-state index contributed by atoms with van der Waals surface area (Å²) in [5.41, 5.74) is 1.82. The third kappa shape index (κ3) is 5.79. The molecule has 0 spiro atoms. The van der Waals surface area contributed by atoms with E-state index in [-0.39, 0.29) is 28.4 Å². The molecule has 3 rings (SSSR count). The second-order valence-electron chi connectivity index (χ2n) is 7.74. The zero-order chi connectivity index (χ0) is 22.4. The van der Waals surface area contributed by atoms with Gasteiger partial charge in [-0.15, -0.1) is 0 Å². The first-order chi connectivity index (χ1) is 14.8. The lowest BCUT2D eigenvalue weighted by Crippen LogP contribution is -2.45. The van der Waals surface area contributed by atoms with Crippen LogP contribution in [-0.2, 0) is 21.2 Å². The van der Waals surface area contributed by atoms with Crippen molar-refractivity contribution in [1.29, 1.82) is 0 Å². The van der Waals surface area contributed by atoms with Gasteiger partial charge < -0.3 is 10.1 Å². The number of halogens is 1. The molecular weight excluding hydrogens is 436 g/mol. The number of nitrogens with zero attached hydrogens (tertiary/aromatic N) is 1. The van der Waals surface area contributed by atoms with E-state index in [0.29, 0.717) is 11.4 Å². The number of benzene rings is 2. The summed E-state index contributed by atoms with van der Waals surface area (Å²) in [7, 11) is -2.44. The summed E-state index contributed by atoms with van der Waals surface area (Å²) in [6, 6.07) is 11.7. The highest BCUT2D eigenvalue weighted by Gasteiger charge is 2.34. The molecule has 0 aromatic heterocycles. The van der Waals surface area contributed by atoms with Gasteiger partial charge in [-0.25, -0.2) is 8.42 Å². The predicted molar refractivity (Wildman–Crippen MR) is 123 cm³/mol. The van der Waals surface area contributed by atoms with Crippen LogP contribution >= 0.6 is 11.6 Å². The summed E-state index contributed by atoms with van der Waals surface area (Å²) in [5.74, 6) is 0.0381. The molecule has 31 heavy (non-hydrogen) atoms. The molecule has 0 heterocycles. The summed E-state index contributed by atoms with van der Waals surface area (Å²) < 4.78 is 33.5. The summed E-state index contributed by atoms with van der Waals surface area (Å²) in [5, 5.41) is 3.04. The third-order valence-electron chi connectivity index (χ3n) is 5.66. The molecule has 0 atom stereocenters. The van der Waals surface area contributed by atoms with Crippen molar-refractivity contribution in [3.63, 3.8) is 0 Å². The van der Waals surface area contributed by atoms with Crippen LogP contribution in [-0.4, -0.2) is 38.3 Å². The number of nitrogens with one attached hydrogen (secondary N) is 1. The summed E-state index contributed by atoms with van der Waals surface area (Å²) >= 11 is 6.18. The Kier molecular flexibility index (Phi) is 7.97. The van der Waals surface area contributed by atoms with Crippen molar-refractivity contribution in [2.45, 2.75) is 56.4 Å². The Morgan fingerprint density at radius 3 is 2.39 bits per heavy atom. The third-order valence-corrected chi connectivity index (χ3v) is 7.85. The van der Waals surface area contributed by atoms with Gasteiger partial charge in [-0.1, -0.05) is 49.9 Å². The largest absolute Gasteiger partial charge is 0.495 e. The molecule has 2 aromatic rings. The normalized spacial score (nSPS) is 15.1. The number of sulfonamides is 1. The number of methoxy groups -OCH3 is 1. The number of ether oxygens (including phenoxy) is 1. The number of amides is 1. The molecule has 1 aliphatic rings. The zero-order valence-electron chi connectivity index (χ0n) is 17.9. The summed E-state index contributed by atoms with van der Waals surface area (Å²) in [4.78, 5) is 12.9. The first-order valence-electron chi connectivity index (χ1n) is 10.6. The SMILES string of the molecule is CCc1ccc(NC(=O)CN(C2CCCCC2)S(=O)(=O)c2ccc(OC)c(Cl)c2)cc1. The van der Waals surface area contributed by atoms with Crippen molar-refractivity contribution in [2.24, 2.45) is 0 Å². The minimum atomic E-state index is -3.91. The Morgan fingerprint density at radius 1 is 1.13 bits per heavy atom. The Bertz CT molecular complexity index is 1000. The highest BCUT2D eigenvalue weighted by molar-refractivity contribution is 7.89. The topological polar surface area (TPSA) is 75.7 Å². The quantitative estimate of drug-likeness (QED) is 0.604. The molecule has 2 aromatic carbocycles. The second kappa shape index (κ2) is 10.5. The second-order valence-corrected chi connectivity index (χ2v) is 10.0. The van der Waals surface area contributed by atoms with E-state index in [2.05, 4.69) is 12.2 Å². The van der Waals surface area contributed by atoms with Crippen molar-refractivity contribution in [3.05, 3.63) is 53.1 Å². The molecule has 0 saturated heterocycles. The van der Waals surface area contributed by atoms with Gasteiger partial charge in [0.25, 0.3) is 0 Å². The molecule has 1 amide bonds. The summed E-state index contributed by atoms with van der Waals surface area (Å²) in [6.45, 7) is 1.82. The smallest absolute Gasteiger partial charge is 0.243 e. The molecule has 0 radical (unpaired) electrons. The number of carbonyl (C=O) groups excluding carboxylic acids is 1. The van der Waals surface area contributed by atoms with E-state index in [4.69, 9.17) is 16.3 Å². The van der Waals surface area contributed by atoms with E-state index >= 15 is 0 Å². The molecular formula is C23H29ClN2O4S. The van der Waals surface area contributed by atoms with Crippen LogP contribution in [0.2, 0.25) is 5.02 Å². The fraction of sp³-hybridized carbons (Fsp3) is 0.435. The maximum atomic E-state index is 13.5. The predicted octanol–water partition coefficient (Wildman–Crippen LogP) is 4.87. The van der Waals surface area contributed by atoms with Crippen LogP contribution in [0.15, 0.2) is 47.4 Å². The first-order valence-corrected chi connectivity index (χ1v) is 12.4. The molecule has 6 nitrogen and oxygen atoms in total. The molecule has 1 saturated carbocycles. The zero-order valence-corrected chi connectivity index (χ0v) is 19.5. The van der Waals surface area contributed by atoms with Crippen LogP contribution in [0.4, 0.5) is 5.69 Å². The van der Waals surface area contributed by atoms with Crippen LogP contribution in [0.25, 0.3) is 0 Å². The van der Waals surface area contributed by atoms with E-state index < -0.39 is 10.0 Å². The summed E-state index contributed by atoms with van der Waals surface area (Å²) in [6.07, 6.45) is 5.35. The number of anilines is 1. The lowest BCUT2D eigenvalue weighted by Gasteiger charge is -2.33. The van der Waals surface area contributed by atoms with Gasteiger partial charge in [0.15, 0.2) is 0 Å². The van der Waals surface area contributed by atoms with Gasteiger partial charge in [0, 0.05) is 11.7 Å². The van der Waals surface area contributed by atoms with E-state index in [1.165, 1.54) is 35.2 Å². The molecule has 168 valence electrons. The first kappa shape index (κ1) is 23.6.